The zero-order valence-corrected chi connectivity index (χ0v) is 11.1. The maximum Gasteiger partial charge on any atom is 0.328 e. The molecule has 0 unspecified atom stereocenters. The van der Waals surface area contributed by atoms with Gasteiger partial charge in [-0.15, -0.1) is 0 Å². The van der Waals surface area contributed by atoms with E-state index >= 15 is 0 Å². The van der Waals surface area contributed by atoms with Crippen LogP contribution in [-0.4, -0.2) is 34.4 Å². The minimum Gasteiger partial charge on any atom is -0.396 e. The SMILES string of the molecule is O=c1[nH]c(=O)n(CCCCO)cc1N1CCCCC1. The van der Waals surface area contributed by atoms with E-state index in [1.807, 2.05) is 4.90 Å². The Morgan fingerprint density at radius 1 is 1.16 bits per heavy atom. The molecule has 1 fully saturated rings. The van der Waals surface area contributed by atoms with Crippen LogP contribution in [-0.2, 0) is 6.54 Å². The summed E-state index contributed by atoms with van der Waals surface area (Å²) >= 11 is 0. The van der Waals surface area contributed by atoms with Gasteiger partial charge in [-0.25, -0.2) is 4.79 Å². The summed E-state index contributed by atoms with van der Waals surface area (Å²) in [5, 5.41) is 8.76. The molecule has 0 atom stereocenters. The van der Waals surface area contributed by atoms with Crippen molar-refractivity contribution in [1.82, 2.24) is 9.55 Å². The number of H-pyrrole nitrogens is 1. The van der Waals surface area contributed by atoms with Crippen LogP contribution in [0.25, 0.3) is 0 Å². The number of aryl methyl sites for hydroxylation is 1. The first kappa shape index (κ1) is 13.9. The van der Waals surface area contributed by atoms with Crippen molar-refractivity contribution in [2.24, 2.45) is 0 Å². The van der Waals surface area contributed by atoms with Crippen LogP contribution in [0.5, 0.6) is 0 Å². The lowest BCUT2D eigenvalue weighted by molar-refractivity contribution is 0.281. The van der Waals surface area contributed by atoms with Crippen molar-refractivity contribution in [3.8, 4) is 0 Å². The van der Waals surface area contributed by atoms with Crippen LogP contribution in [0.4, 0.5) is 5.69 Å². The van der Waals surface area contributed by atoms with Crippen LogP contribution in [0.15, 0.2) is 15.8 Å². The van der Waals surface area contributed by atoms with E-state index in [9.17, 15) is 9.59 Å². The molecule has 0 saturated carbocycles. The predicted octanol–water partition coefficient (Wildman–Crippen LogP) is 0.299. The Balaban J connectivity index is 2.20. The summed E-state index contributed by atoms with van der Waals surface area (Å²) in [6.07, 6.45) is 6.41. The molecule has 0 spiro atoms. The number of nitrogens with one attached hydrogen (secondary N) is 1. The van der Waals surface area contributed by atoms with Crippen molar-refractivity contribution in [2.75, 3.05) is 24.6 Å². The van der Waals surface area contributed by atoms with Gasteiger partial charge in [0.05, 0.1) is 0 Å². The summed E-state index contributed by atoms with van der Waals surface area (Å²) in [7, 11) is 0. The van der Waals surface area contributed by atoms with E-state index in [0.29, 0.717) is 18.7 Å². The summed E-state index contributed by atoms with van der Waals surface area (Å²) in [4.78, 5) is 28.0. The topological polar surface area (TPSA) is 78.3 Å². The van der Waals surface area contributed by atoms with Crippen molar-refractivity contribution in [2.45, 2.75) is 38.6 Å². The molecule has 0 radical (unpaired) electrons. The highest BCUT2D eigenvalue weighted by molar-refractivity contribution is 5.42. The molecule has 2 N–H and O–H groups in total. The summed E-state index contributed by atoms with van der Waals surface area (Å²) in [5.41, 5.74) is -0.0858. The normalized spacial score (nSPS) is 15.7. The van der Waals surface area contributed by atoms with Crippen LogP contribution in [0.2, 0.25) is 0 Å². The Bertz CT molecular complexity index is 515. The molecule has 2 heterocycles. The molecular weight excluding hydrogens is 246 g/mol. The number of aliphatic hydroxyl groups excluding tert-OH is 1. The standard InChI is InChI=1S/C13H21N3O3/c17-9-5-4-8-16-10-11(12(18)14-13(16)19)15-6-2-1-3-7-15/h10,17H,1-9H2,(H,14,18,19). The second-order valence-corrected chi connectivity index (χ2v) is 4.95. The van der Waals surface area contributed by atoms with Crippen LogP contribution in [0.1, 0.15) is 32.1 Å². The van der Waals surface area contributed by atoms with E-state index in [0.717, 1.165) is 32.4 Å². The van der Waals surface area contributed by atoms with Crippen molar-refractivity contribution < 1.29 is 5.11 Å². The highest BCUT2D eigenvalue weighted by Gasteiger charge is 2.15. The van der Waals surface area contributed by atoms with Crippen LogP contribution in [0.3, 0.4) is 0 Å². The number of aromatic amines is 1. The van der Waals surface area contributed by atoms with Gasteiger partial charge in [0.2, 0.25) is 0 Å². The Hall–Kier alpha value is -1.56. The molecule has 106 valence electrons. The average molecular weight is 267 g/mol. The fraction of sp³-hybridized carbons (Fsp3) is 0.692. The Labute approximate surface area is 111 Å². The van der Waals surface area contributed by atoms with Crippen molar-refractivity contribution in [3.63, 3.8) is 0 Å². The lowest BCUT2D eigenvalue weighted by atomic mass is 10.1. The molecule has 19 heavy (non-hydrogen) atoms. The van der Waals surface area contributed by atoms with Gasteiger partial charge in [0, 0.05) is 32.4 Å². The second kappa shape index (κ2) is 6.56. The van der Waals surface area contributed by atoms with Gasteiger partial charge >= 0.3 is 5.69 Å². The van der Waals surface area contributed by atoms with E-state index in [-0.39, 0.29) is 17.9 Å². The minimum absolute atomic E-state index is 0.122. The van der Waals surface area contributed by atoms with E-state index in [4.69, 9.17) is 5.11 Å². The van der Waals surface area contributed by atoms with Gasteiger partial charge in [0.25, 0.3) is 5.56 Å². The fourth-order valence-corrected chi connectivity index (χ4v) is 2.42. The summed E-state index contributed by atoms with van der Waals surface area (Å²) < 4.78 is 1.53. The summed E-state index contributed by atoms with van der Waals surface area (Å²) in [5.74, 6) is 0. The lowest BCUT2D eigenvalue weighted by Gasteiger charge is -2.28. The molecule has 1 saturated heterocycles. The van der Waals surface area contributed by atoms with Gasteiger partial charge in [0.15, 0.2) is 0 Å². The molecule has 1 aliphatic heterocycles. The van der Waals surface area contributed by atoms with E-state index in [1.165, 1.54) is 11.0 Å². The second-order valence-electron chi connectivity index (χ2n) is 4.95. The smallest absolute Gasteiger partial charge is 0.328 e. The molecular formula is C13H21N3O3. The van der Waals surface area contributed by atoms with E-state index in [1.54, 1.807) is 6.20 Å². The number of hydrogen-bond acceptors (Lipinski definition) is 4. The number of aliphatic hydroxyl groups is 1. The number of hydrogen-bond donors (Lipinski definition) is 2. The highest BCUT2D eigenvalue weighted by atomic mass is 16.3. The number of unbranched alkanes of at least 4 members (excludes halogenated alkanes) is 1. The molecule has 1 aliphatic rings. The first-order valence-corrected chi connectivity index (χ1v) is 6.92. The molecule has 0 aliphatic carbocycles. The average Bonchev–Trinajstić information content (AvgIpc) is 2.42. The van der Waals surface area contributed by atoms with E-state index < -0.39 is 0 Å². The molecule has 2 rings (SSSR count). The van der Waals surface area contributed by atoms with Crippen molar-refractivity contribution >= 4 is 5.69 Å². The van der Waals surface area contributed by atoms with Crippen LogP contribution < -0.4 is 16.1 Å². The van der Waals surface area contributed by atoms with E-state index in [2.05, 4.69) is 4.98 Å². The third-order valence-electron chi connectivity index (χ3n) is 3.50. The number of anilines is 1. The summed E-state index contributed by atoms with van der Waals surface area (Å²) in [6, 6.07) is 0. The first-order chi connectivity index (χ1) is 9.22. The molecule has 1 aromatic rings. The highest BCUT2D eigenvalue weighted by Crippen LogP contribution is 2.14. The largest absolute Gasteiger partial charge is 0.396 e. The number of piperidine rings is 1. The fourth-order valence-electron chi connectivity index (χ4n) is 2.42. The maximum absolute atomic E-state index is 11.9. The third-order valence-corrected chi connectivity index (χ3v) is 3.50. The van der Waals surface area contributed by atoms with Gasteiger partial charge in [-0.2, -0.15) is 0 Å². The Kier molecular flexibility index (Phi) is 4.79. The predicted molar refractivity (Wildman–Crippen MR) is 73.7 cm³/mol. The Morgan fingerprint density at radius 3 is 2.58 bits per heavy atom. The number of aromatic nitrogens is 2. The molecule has 0 amide bonds. The molecule has 6 heteroatoms. The third kappa shape index (κ3) is 3.47. The van der Waals surface area contributed by atoms with Gasteiger partial charge in [0.1, 0.15) is 5.69 Å². The zero-order valence-electron chi connectivity index (χ0n) is 11.1. The quantitative estimate of drug-likeness (QED) is 0.752. The lowest BCUT2D eigenvalue weighted by Crippen LogP contribution is -2.38. The van der Waals surface area contributed by atoms with Gasteiger partial charge in [-0.3, -0.25) is 14.3 Å². The van der Waals surface area contributed by atoms with Crippen molar-refractivity contribution in [3.05, 3.63) is 27.0 Å². The first-order valence-electron chi connectivity index (χ1n) is 6.92. The molecule has 6 nitrogen and oxygen atoms in total. The monoisotopic (exact) mass is 267 g/mol. The van der Waals surface area contributed by atoms with Crippen molar-refractivity contribution in [1.29, 1.82) is 0 Å². The van der Waals surface area contributed by atoms with Crippen LogP contribution >= 0.6 is 0 Å². The van der Waals surface area contributed by atoms with Gasteiger partial charge in [-0.05, 0) is 32.1 Å². The number of rotatable bonds is 5. The molecule has 0 bridgehead atoms. The Morgan fingerprint density at radius 2 is 1.89 bits per heavy atom. The summed E-state index contributed by atoms with van der Waals surface area (Å²) in [6.45, 7) is 2.39. The molecule has 1 aromatic heterocycles. The zero-order chi connectivity index (χ0) is 13.7. The van der Waals surface area contributed by atoms with Gasteiger partial charge < -0.3 is 10.0 Å². The van der Waals surface area contributed by atoms with Gasteiger partial charge in [-0.1, -0.05) is 0 Å². The number of nitrogens with zero attached hydrogens (tertiary/aromatic N) is 2. The van der Waals surface area contributed by atoms with Crippen LogP contribution in [0, 0.1) is 0 Å². The maximum atomic E-state index is 11.9. The molecule has 0 aromatic carbocycles. The minimum atomic E-state index is -0.372.